The van der Waals surface area contributed by atoms with Crippen LogP contribution < -0.4 is 9.46 Å². The van der Waals surface area contributed by atoms with Crippen LogP contribution >= 0.6 is 0 Å². The lowest BCUT2D eigenvalue weighted by Gasteiger charge is -2.10. The maximum Gasteiger partial charge on any atom is 0.237 e. The monoisotopic (exact) mass is 439 g/mol. The highest BCUT2D eigenvalue weighted by Gasteiger charge is 2.15. The minimum atomic E-state index is -3.78. The summed E-state index contributed by atoms with van der Waals surface area (Å²) in [5, 5.41) is 4.14. The van der Waals surface area contributed by atoms with E-state index in [0.717, 1.165) is 0 Å². The molecule has 0 fully saturated rings. The molecule has 2 aromatic carbocycles. The number of hydrogen-bond acceptors (Lipinski definition) is 6. The van der Waals surface area contributed by atoms with E-state index in [4.69, 9.17) is 4.74 Å². The fourth-order valence-corrected chi connectivity index (χ4v) is 4.06. The van der Waals surface area contributed by atoms with E-state index in [2.05, 4.69) is 19.8 Å². The summed E-state index contributed by atoms with van der Waals surface area (Å²) in [6, 6.07) is 15.5. The van der Waals surface area contributed by atoms with E-state index < -0.39 is 21.6 Å². The molecule has 0 saturated carbocycles. The summed E-state index contributed by atoms with van der Waals surface area (Å²) in [7, 11) is -3.78. The van der Waals surface area contributed by atoms with Gasteiger partial charge in [0.05, 0.1) is 5.75 Å². The van der Waals surface area contributed by atoms with E-state index >= 15 is 0 Å². The first kappa shape index (κ1) is 20.5. The Bertz CT molecular complexity index is 1290. The fourth-order valence-electron chi connectivity index (χ4n) is 2.85. The van der Waals surface area contributed by atoms with Gasteiger partial charge in [0.1, 0.15) is 17.4 Å². The van der Waals surface area contributed by atoms with Crippen molar-refractivity contribution in [2.24, 2.45) is 0 Å². The molecule has 0 bridgehead atoms. The molecule has 158 valence electrons. The smallest absolute Gasteiger partial charge is 0.237 e. The Kier molecular flexibility index (Phi) is 5.63. The number of hydrogen-bond donors (Lipinski definition) is 1. The number of nitrogens with one attached hydrogen (secondary N) is 1. The summed E-state index contributed by atoms with van der Waals surface area (Å²) in [5.74, 6) is 0.832. The molecule has 0 spiro atoms. The predicted octanol–water partition coefficient (Wildman–Crippen LogP) is 3.84. The lowest BCUT2D eigenvalue weighted by Crippen LogP contribution is -2.15. The number of rotatable bonds is 7. The highest BCUT2D eigenvalue weighted by atomic mass is 32.2. The maximum absolute atomic E-state index is 13.7. The van der Waals surface area contributed by atoms with Gasteiger partial charge in [-0.15, -0.1) is 0 Å². The molecule has 0 radical (unpaired) electrons. The molecule has 0 saturated heterocycles. The van der Waals surface area contributed by atoms with E-state index in [1.165, 1.54) is 18.2 Å². The molecule has 4 rings (SSSR count). The third kappa shape index (κ3) is 5.23. The number of ether oxygens (including phenoxy) is 1. The molecule has 10 heteroatoms. The minimum absolute atomic E-state index is 0.0991. The van der Waals surface area contributed by atoms with E-state index in [1.807, 2.05) is 0 Å². The van der Waals surface area contributed by atoms with Crippen molar-refractivity contribution in [2.45, 2.75) is 12.7 Å². The van der Waals surface area contributed by atoms with Crippen LogP contribution in [0.25, 0.3) is 5.82 Å². The molecule has 0 atom stereocenters. The van der Waals surface area contributed by atoms with Gasteiger partial charge in [-0.05, 0) is 43.3 Å². The summed E-state index contributed by atoms with van der Waals surface area (Å²) < 4.78 is 48.2. The van der Waals surface area contributed by atoms with Crippen molar-refractivity contribution in [1.82, 2.24) is 19.7 Å². The van der Waals surface area contributed by atoms with E-state index in [9.17, 15) is 12.8 Å². The number of halogens is 1. The van der Waals surface area contributed by atoms with Gasteiger partial charge in [-0.2, -0.15) is 10.1 Å². The Balaban J connectivity index is 1.46. The second kappa shape index (κ2) is 8.52. The molecule has 8 nitrogen and oxygen atoms in total. The van der Waals surface area contributed by atoms with Crippen LogP contribution in [-0.4, -0.2) is 28.2 Å². The summed E-state index contributed by atoms with van der Waals surface area (Å²) in [4.78, 5) is 8.57. The van der Waals surface area contributed by atoms with Gasteiger partial charge >= 0.3 is 0 Å². The topological polar surface area (TPSA) is 99.0 Å². The second-order valence-corrected chi connectivity index (χ2v) is 8.36. The van der Waals surface area contributed by atoms with Crippen molar-refractivity contribution in [3.8, 4) is 17.4 Å². The molecule has 31 heavy (non-hydrogen) atoms. The van der Waals surface area contributed by atoms with Gasteiger partial charge in [0.15, 0.2) is 5.82 Å². The zero-order chi connectivity index (χ0) is 21.8. The molecule has 0 amide bonds. The first-order valence-electron chi connectivity index (χ1n) is 9.25. The molecule has 2 heterocycles. The second-order valence-electron chi connectivity index (χ2n) is 6.64. The average molecular weight is 439 g/mol. The third-order valence-electron chi connectivity index (χ3n) is 4.19. The highest BCUT2D eigenvalue weighted by Crippen LogP contribution is 2.24. The largest absolute Gasteiger partial charge is 0.439 e. The quantitative estimate of drug-likeness (QED) is 0.470. The standard InChI is InChI=1S/C21H18FN5O3S/c1-15-24-20(27-12-4-11-23-27)13-21(25-15)30-18-9-7-17(8-10-18)26-31(28,29)14-16-5-2-3-6-19(16)22/h2-13,26H,14H2,1H3. The van der Waals surface area contributed by atoms with Gasteiger partial charge < -0.3 is 4.74 Å². The van der Waals surface area contributed by atoms with Crippen LogP contribution in [0.3, 0.4) is 0 Å². The Morgan fingerprint density at radius 1 is 1.06 bits per heavy atom. The minimum Gasteiger partial charge on any atom is -0.439 e. The fraction of sp³-hybridized carbons (Fsp3) is 0.0952. The molecule has 0 aliphatic heterocycles. The molecule has 4 aromatic rings. The van der Waals surface area contributed by atoms with E-state index in [0.29, 0.717) is 29.0 Å². The van der Waals surface area contributed by atoms with Crippen LogP contribution in [-0.2, 0) is 15.8 Å². The van der Waals surface area contributed by atoms with Gasteiger partial charge in [-0.3, -0.25) is 4.72 Å². The van der Waals surface area contributed by atoms with Crippen molar-refractivity contribution in [3.63, 3.8) is 0 Å². The Hall–Kier alpha value is -3.79. The average Bonchev–Trinajstić information content (AvgIpc) is 3.25. The summed E-state index contributed by atoms with van der Waals surface area (Å²) >= 11 is 0. The first-order chi connectivity index (χ1) is 14.9. The van der Waals surface area contributed by atoms with Crippen LogP contribution in [0.4, 0.5) is 10.1 Å². The van der Waals surface area contributed by atoms with Crippen molar-refractivity contribution in [3.05, 3.63) is 90.3 Å². The number of nitrogens with zero attached hydrogens (tertiary/aromatic N) is 4. The Labute approximate surface area is 178 Å². The predicted molar refractivity (Wildman–Crippen MR) is 113 cm³/mol. The van der Waals surface area contributed by atoms with Gasteiger partial charge in [-0.25, -0.2) is 22.5 Å². The van der Waals surface area contributed by atoms with Crippen LogP contribution in [0.1, 0.15) is 11.4 Å². The van der Waals surface area contributed by atoms with Crippen molar-refractivity contribution in [2.75, 3.05) is 4.72 Å². The van der Waals surface area contributed by atoms with Gasteiger partial charge in [-0.1, -0.05) is 18.2 Å². The molecule has 0 unspecified atom stereocenters. The number of anilines is 1. The molecular formula is C21H18FN5O3S. The van der Waals surface area contributed by atoms with Gasteiger partial charge in [0, 0.05) is 29.7 Å². The van der Waals surface area contributed by atoms with Gasteiger partial charge in [0.2, 0.25) is 15.9 Å². The zero-order valence-electron chi connectivity index (χ0n) is 16.4. The number of sulfonamides is 1. The van der Waals surface area contributed by atoms with Crippen LogP contribution in [0.5, 0.6) is 11.6 Å². The maximum atomic E-state index is 13.7. The molecule has 2 aromatic heterocycles. The van der Waals surface area contributed by atoms with E-state index in [-0.39, 0.29) is 5.56 Å². The number of aromatic nitrogens is 4. The summed E-state index contributed by atoms with van der Waals surface area (Å²) in [6.45, 7) is 1.74. The zero-order valence-corrected chi connectivity index (χ0v) is 17.3. The lowest BCUT2D eigenvalue weighted by molar-refractivity contribution is 0.459. The Morgan fingerprint density at radius 2 is 1.84 bits per heavy atom. The summed E-state index contributed by atoms with van der Waals surface area (Å²) in [5.41, 5.74) is 0.432. The number of aryl methyl sites for hydroxylation is 1. The SMILES string of the molecule is Cc1nc(Oc2ccc(NS(=O)(=O)Cc3ccccc3F)cc2)cc(-n2cccn2)n1. The lowest BCUT2D eigenvalue weighted by atomic mass is 10.2. The number of benzene rings is 2. The molecule has 0 aliphatic carbocycles. The Morgan fingerprint density at radius 3 is 2.55 bits per heavy atom. The highest BCUT2D eigenvalue weighted by molar-refractivity contribution is 7.91. The van der Waals surface area contributed by atoms with Crippen LogP contribution in [0, 0.1) is 12.7 Å². The molecular weight excluding hydrogens is 421 g/mol. The van der Waals surface area contributed by atoms with E-state index in [1.54, 1.807) is 66.5 Å². The van der Waals surface area contributed by atoms with Crippen molar-refractivity contribution >= 4 is 15.7 Å². The third-order valence-corrected chi connectivity index (χ3v) is 5.43. The van der Waals surface area contributed by atoms with Crippen LogP contribution in [0.15, 0.2) is 73.1 Å². The summed E-state index contributed by atoms with van der Waals surface area (Å²) in [6.07, 6.45) is 3.40. The molecule has 0 aliphatic rings. The van der Waals surface area contributed by atoms with Crippen LogP contribution in [0.2, 0.25) is 0 Å². The normalized spacial score (nSPS) is 11.3. The van der Waals surface area contributed by atoms with Crippen molar-refractivity contribution in [1.29, 1.82) is 0 Å². The molecule has 1 N–H and O–H groups in total. The van der Waals surface area contributed by atoms with Crippen molar-refractivity contribution < 1.29 is 17.5 Å². The van der Waals surface area contributed by atoms with Gasteiger partial charge in [0.25, 0.3) is 0 Å². The first-order valence-corrected chi connectivity index (χ1v) is 10.9.